The molecule has 0 radical (unpaired) electrons. The normalized spacial score (nSPS) is 12.1. The van der Waals surface area contributed by atoms with E-state index in [4.69, 9.17) is 15.6 Å². The van der Waals surface area contributed by atoms with E-state index in [0.717, 1.165) is 22.6 Å². The van der Waals surface area contributed by atoms with Crippen molar-refractivity contribution in [2.45, 2.75) is 19.4 Å². The van der Waals surface area contributed by atoms with Crippen molar-refractivity contribution in [3.8, 4) is 5.75 Å². The van der Waals surface area contributed by atoms with E-state index in [1.54, 1.807) is 0 Å². The zero-order valence-electron chi connectivity index (χ0n) is 11.0. The highest BCUT2D eigenvalue weighted by atomic mass is 16.5. The largest absolute Gasteiger partial charge is 0.486 e. The molecule has 0 amide bonds. The Morgan fingerprint density at radius 3 is 2.68 bits per heavy atom. The lowest BCUT2D eigenvalue weighted by Crippen LogP contribution is -2.06. The van der Waals surface area contributed by atoms with Gasteiger partial charge in [-0.3, -0.25) is 0 Å². The molecule has 2 rings (SSSR count). The fourth-order valence-corrected chi connectivity index (χ4v) is 2.02. The molecule has 2 aromatic carbocycles. The van der Waals surface area contributed by atoms with Gasteiger partial charge in [-0.05, 0) is 42.7 Å². The monoisotopic (exact) mass is 257 g/mol. The van der Waals surface area contributed by atoms with E-state index in [2.05, 4.69) is 0 Å². The molecule has 0 saturated carbocycles. The van der Waals surface area contributed by atoms with Crippen molar-refractivity contribution in [3.63, 3.8) is 0 Å². The number of aliphatic hydroxyl groups excluding tert-OH is 1. The van der Waals surface area contributed by atoms with Gasteiger partial charge in [0, 0.05) is 12.3 Å². The summed E-state index contributed by atoms with van der Waals surface area (Å²) in [5.74, 6) is 0.812. The third-order valence-corrected chi connectivity index (χ3v) is 3.04. The lowest BCUT2D eigenvalue weighted by Gasteiger charge is -2.18. The van der Waals surface area contributed by atoms with Gasteiger partial charge in [0.05, 0.1) is 0 Å². The molecule has 0 fully saturated rings. The highest BCUT2D eigenvalue weighted by Gasteiger charge is 2.10. The number of benzene rings is 2. The molecule has 2 aromatic rings. The molecule has 0 bridgehead atoms. The standard InChI is InChI=1S/C16H19NO2/c1-12(14-6-4-7-15(17)11-14)19-16-8-3-2-5-13(16)9-10-18/h2-8,11-12,18H,9-10,17H2,1H3. The number of hydrogen-bond acceptors (Lipinski definition) is 3. The van der Waals surface area contributed by atoms with E-state index in [0.29, 0.717) is 6.42 Å². The van der Waals surface area contributed by atoms with Gasteiger partial charge in [0.2, 0.25) is 0 Å². The number of nitrogens with two attached hydrogens (primary N) is 1. The number of para-hydroxylation sites is 1. The smallest absolute Gasteiger partial charge is 0.123 e. The average molecular weight is 257 g/mol. The van der Waals surface area contributed by atoms with Crippen LogP contribution in [-0.2, 0) is 6.42 Å². The van der Waals surface area contributed by atoms with Crippen LogP contribution < -0.4 is 10.5 Å². The first-order chi connectivity index (χ1) is 9.20. The maximum Gasteiger partial charge on any atom is 0.123 e. The number of rotatable bonds is 5. The Morgan fingerprint density at radius 1 is 1.16 bits per heavy atom. The first-order valence-electron chi connectivity index (χ1n) is 6.41. The van der Waals surface area contributed by atoms with Gasteiger partial charge < -0.3 is 15.6 Å². The molecule has 100 valence electrons. The third kappa shape index (κ3) is 3.48. The van der Waals surface area contributed by atoms with Gasteiger partial charge >= 0.3 is 0 Å². The van der Waals surface area contributed by atoms with Crippen LogP contribution in [0.1, 0.15) is 24.2 Å². The van der Waals surface area contributed by atoms with Crippen LogP contribution in [0.5, 0.6) is 5.75 Å². The van der Waals surface area contributed by atoms with Gasteiger partial charge in [-0.1, -0.05) is 30.3 Å². The maximum atomic E-state index is 9.06. The molecule has 19 heavy (non-hydrogen) atoms. The molecule has 0 aliphatic rings. The molecule has 0 aliphatic heterocycles. The molecule has 1 unspecified atom stereocenters. The van der Waals surface area contributed by atoms with E-state index >= 15 is 0 Å². The molecule has 0 aliphatic carbocycles. The minimum Gasteiger partial charge on any atom is -0.486 e. The first kappa shape index (κ1) is 13.4. The maximum absolute atomic E-state index is 9.06. The zero-order chi connectivity index (χ0) is 13.7. The molecule has 3 nitrogen and oxygen atoms in total. The number of anilines is 1. The van der Waals surface area contributed by atoms with Gasteiger partial charge in [0.25, 0.3) is 0 Å². The van der Waals surface area contributed by atoms with E-state index in [1.165, 1.54) is 0 Å². The summed E-state index contributed by atoms with van der Waals surface area (Å²) in [7, 11) is 0. The Morgan fingerprint density at radius 2 is 1.95 bits per heavy atom. The minimum absolute atomic E-state index is 0.0802. The molecule has 3 N–H and O–H groups in total. The van der Waals surface area contributed by atoms with Crippen molar-refractivity contribution in [2.24, 2.45) is 0 Å². The van der Waals surface area contributed by atoms with Crippen molar-refractivity contribution in [1.82, 2.24) is 0 Å². The SMILES string of the molecule is CC(Oc1ccccc1CCO)c1cccc(N)c1. The van der Waals surface area contributed by atoms with Gasteiger partial charge in [-0.25, -0.2) is 0 Å². The first-order valence-corrected chi connectivity index (χ1v) is 6.41. The predicted octanol–water partition coefficient (Wildman–Crippen LogP) is 2.94. The molecule has 3 heteroatoms. The Bertz CT molecular complexity index is 540. The van der Waals surface area contributed by atoms with Crippen LogP contribution in [0.15, 0.2) is 48.5 Å². The lowest BCUT2D eigenvalue weighted by molar-refractivity contribution is 0.222. The van der Waals surface area contributed by atoms with Crippen LogP contribution in [0, 0.1) is 0 Å². The highest BCUT2D eigenvalue weighted by Crippen LogP contribution is 2.26. The molecular weight excluding hydrogens is 238 g/mol. The van der Waals surface area contributed by atoms with Gasteiger partial charge in [0.1, 0.15) is 11.9 Å². The van der Waals surface area contributed by atoms with Crippen LogP contribution in [-0.4, -0.2) is 11.7 Å². The summed E-state index contributed by atoms with van der Waals surface area (Å²) >= 11 is 0. The van der Waals surface area contributed by atoms with Crippen molar-refractivity contribution >= 4 is 5.69 Å². The fraction of sp³-hybridized carbons (Fsp3) is 0.250. The summed E-state index contributed by atoms with van der Waals surface area (Å²) in [6, 6.07) is 15.5. The second kappa shape index (κ2) is 6.25. The third-order valence-electron chi connectivity index (χ3n) is 3.04. The van der Waals surface area contributed by atoms with Crippen LogP contribution >= 0.6 is 0 Å². The van der Waals surface area contributed by atoms with Crippen molar-refractivity contribution in [2.75, 3.05) is 12.3 Å². The molecule has 0 heterocycles. The van der Waals surface area contributed by atoms with Crippen molar-refractivity contribution < 1.29 is 9.84 Å². The molecule has 1 atom stereocenters. The minimum atomic E-state index is -0.0802. The summed E-state index contributed by atoms with van der Waals surface area (Å²) in [4.78, 5) is 0. The van der Waals surface area contributed by atoms with Crippen LogP contribution in [0.25, 0.3) is 0 Å². The van der Waals surface area contributed by atoms with E-state index in [-0.39, 0.29) is 12.7 Å². The number of hydrogen-bond donors (Lipinski definition) is 2. The quantitative estimate of drug-likeness (QED) is 0.810. The summed E-state index contributed by atoms with van der Waals surface area (Å²) < 4.78 is 5.97. The number of nitrogen functional groups attached to an aromatic ring is 1. The summed E-state index contributed by atoms with van der Waals surface area (Å²) in [5.41, 5.74) is 8.57. The van der Waals surface area contributed by atoms with Crippen molar-refractivity contribution in [1.29, 1.82) is 0 Å². The molecule has 0 aromatic heterocycles. The number of aliphatic hydroxyl groups is 1. The summed E-state index contributed by atoms with van der Waals surface area (Å²) in [5, 5.41) is 9.06. The predicted molar refractivity (Wildman–Crippen MR) is 77.1 cm³/mol. The summed E-state index contributed by atoms with van der Waals surface area (Å²) in [6.07, 6.45) is 0.517. The Hall–Kier alpha value is -2.00. The Balaban J connectivity index is 2.16. The van der Waals surface area contributed by atoms with E-state index in [9.17, 15) is 0 Å². The second-order valence-corrected chi connectivity index (χ2v) is 4.51. The van der Waals surface area contributed by atoms with Crippen LogP contribution in [0.4, 0.5) is 5.69 Å². The summed E-state index contributed by atoms with van der Waals surface area (Å²) in [6.45, 7) is 2.11. The molecule has 0 spiro atoms. The van der Waals surface area contributed by atoms with Gasteiger partial charge in [0.15, 0.2) is 0 Å². The Kier molecular flexibility index (Phi) is 4.42. The highest BCUT2D eigenvalue weighted by molar-refractivity contribution is 5.42. The molecule has 0 saturated heterocycles. The van der Waals surface area contributed by atoms with E-state index < -0.39 is 0 Å². The topological polar surface area (TPSA) is 55.5 Å². The van der Waals surface area contributed by atoms with Gasteiger partial charge in [-0.2, -0.15) is 0 Å². The average Bonchev–Trinajstić information content (AvgIpc) is 2.41. The van der Waals surface area contributed by atoms with Crippen LogP contribution in [0.3, 0.4) is 0 Å². The van der Waals surface area contributed by atoms with E-state index in [1.807, 2.05) is 55.5 Å². The fourth-order valence-electron chi connectivity index (χ4n) is 2.02. The Labute approximate surface area is 113 Å². The second-order valence-electron chi connectivity index (χ2n) is 4.51. The van der Waals surface area contributed by atoms with Gasteiger partial charge in [-0.15, -0.1) is 0 Å². The van der Waals surface area contributed by atoms with Crippen molar-refractivity contribution in [3.05, 3.63) is 59.7 Å². The molecular formula is C16H19NO2. The number of ether oxygens (including phenoxy) is 1. The zero-order valence-corrected chi connectivity index (χ0v) is 11.0. The lowest BCUT2D eigenvalue weighted by atomic mass is 10.1. The van der Waals surface area contributed by atoms with Crippen LogP contribution in [0.2, 0.25) is 0 Å².